The molecule has 1 aromatic carbocycles. The summed E-state index contributed by atoms with van der Waals surface area (Å²) in [7, 11) is 0. The van der Waals surface area contributed by atoms with Crippen LogP contribution in [0.2, 0.25) is 0 Å². The van der Waals surface area contributed by atoms with Crippen molar-refractivity contribution in [3.8, 4) is 0 Å². The molecule has 0 saturated heterocycles. The lowest BCUT2D eigenvalue weighted by molar-refractivity contribution is 0.867. The molecule has 2 aromatic rings. The van der Waals surface area contributed by atoms with Gasteiger partial charge < -0.3 is 10.6 Å². The van der Waals surface area contributed by atoms with Gasteiger partial charge in [0.1, 0.15) is 11.6 Å². The molecule has 1 heterocycles. The molecule has 0 fully saturated rings. The first-order valence-corrected chi connectivity index (χ1v) is 7.27. The molecule has 106 valence electrons. The van der Waals surface area contributed by atoms with Gasteiger partial charge in [0.2, 0.25) is 0 Å². The minimum atomic E-state index is 0.530. The lowest BCUT2D eigenvalue weighted by Gasteiger charge is -2.11. The fraction of sp³-hybridized carbons (Fsp3) is 0.353. The number of pyridine rings is 1. The number of nitrogens with one attached hydrogen (secondary N) is 2. The van der Waals surface area contributed by atoms with E-state index in [9.17, 15) is 0 Å². The Labute approximate surface area is 121 Å². The Morgan fingerprint density at radius 3 is 2.55 bits per heavy atom. The number of aromatic nitrogens is 1. The van der Waals surface area contributed by atoms with E-state index in [-0.39, 0.29) is 0 Å². The third kappa shape index (κ3) is 3.98. The van der Waals surface area contributed by atoms with Gasteiger partial charge in [0, 0.05) is 12.2 Å². The Morgan fingerprint density at radius 2 is 1.80 bits per heavy atom. The molecule has 0 aliphatic carbocycles. The van der Waals surface area contributed by atoms with Crippen LogP contribution in [0.4, 0.5) is 17.3 Å². The van der Waals surface area contributed by atoms with E-state index in [2.05, 4.69) is 60.7 Å². The summed E-state index contributed by atoms with van der Waals surface area (Å²) < 4.78 is 0. The zero-order chi connectivity index (χ0) is 14.4. The van der Waals surface area contributed by atoms with Crippen molar-refractivity contribution in [1.82, 2.24) is 4.98 Å². The maximum Gasteiger partial charge on any atom is 0.132 e. The van der Waals surface area contributed by atoms with Gasteiger partial charge in [0.05, 0.1) is 0 Å². The van der Waals surface area contributed by atoms with E-state index in [4.69, 9.17) is 0 Å². The molecule has 20 heavy (non-hydrogen) atoms. The van der Waals surface area contributed by atoms with E-state index in [0.29, 0.717) is 5.92 Å². The highest BCUT2D eigenvalue weighted by Crippen LogP contribution is 2.21. The van der Waals surface area contributed by atoms with Gasteiger partial charge in [-0.1, -0.05) is 39.0 Å². The van der Waals surface area contributed by atoms with E-state index >= 15 is 0 Å². The number of hydrogen-bond acceptors (Lipinski definition) is 3. The molecule has 0 aliphatic rings. The van der Waals surface area contributed by atoms with Crippen LogP contribution in [-0.4, -0.2) is 11.5 Å². The molecule has 1 aromatic heterocycles. The van der Waals surface area contributed by atoms with Crippen molar-refractivity contribution in [2.45, 2.75) is 33.1 Å². The van der Waals surface area contributed by atoms with Gasteiger partial charge in [-0.3, -0.25) is 0 Å². The van der Waals surface area contributed by atoms with Gasteiger partial charge in [0.15, 0.2) is 0 Å². The Hall–Kier alpha value is -2.03. The minimum Gasteiger partial charge on any atom is -0.370 e. The predicted octanol–water partition coefficient (Wildman–Crippen LogP) is 4.77. The van der Waals surface area contributed by atoms with Crippen LogP contribution in [0.15, 0.2) is 42.5 Å². The van der Waals surface area contributed by atoms with Gasteiger partial charge in [-0.25, -0.2) is 4.98 Å². The maximum atomic E-state index is 4.56. The van der Waals surface area contributed by atoms with Crippen LogP contribution >= 0.6 is 0 Å². The molecule has 2 N–H and O–H groups in total. The van der Waals surface area contributed by atoms with Crippen molar-refractivity contribution < 1.29 is 0 Å². The third-order valence-electron chi connectivity index (χ3n) is 3.13. The molecule has 0 atom stereocenters. The monoisotopic (exact) mass is 269 g/mol. The van der Waals surface area contributed by atoms with E-state index in [1.54, 1.807) is 0 Å². The van der Waals surface area contributed by atoms with Crippen molar-refractivity contribution >= 4 is 17.3 Å². The highest BCUT2D eigenvalue weighted by molar-refractivity contribution is 5.59. The molecule has 0 saturated carbocycles. The Bertz CT molecular complexity index is 549. The molecular formula is C17H23N3. The highest BCUT2D eigenvalue weighted by atomic mass is 15.1. The first kappa shape index (κ1) is 14.4. The molecule has 0 amide bonds. The second-order valence-corrected chi connectivity index (χ2v) is 5.24. The van der Waals surface area contributed by atoms with Gasteiger partial charge in [-0.2, -0.15) is 0 Å². The number of anilines is 3. The lowest BCUT2D eigenvalue weighted by Crippen LogP contribution is -2.03. The lowest BCUT2D eigenvalue weighted by atomic mass is 10.0. The summed E-state index contributed by atoms with van der Waals surface area (Å²) in [5.74, 6) is 2.31. The quantitative estimate of drug-likeness (QED) is 0.793. The van der Waals surface area contributed by atoms with Crippen molar-refractivity contribution in [3.05, 3.63) is 48.0 Å². The SMILES string of the molecule is CCCNc1cccc(Nc2cccc(C(C)C)c2)n1. The summed E-state index contributed by atoms with van der Waals surface area (Å²) in [6.07, 6.45) is 1.09. The molecule has 0 aliphatic heterocycles. The second-order valence-electron chi connectivity index (χ2n) is 5.24. The van der Waals surface area contributed by atoms with Crippen LogP contribution in [0.3, 0.4) is 0 Å². The summed E-state index contributed by atoms with van der Waals surface area (Å²) in [5, 5.41) is 6.66. The fourth-order valence-electron chi connectivity index (χ4n) is 1.98. The van der Waals surface area contributed by atoms with Gasteiger partial charge in [-0.05, 0) is 42.2 Å². The smallest absolute Gasteiger partial charge is 0.132 e. The summed E-state index contributed by atoms with van der Waals surface area (Å²) in [6.45, 7) is 7.49. The van der Waals surface area contributed by atoms with Crippen LogP contribution in [0.1, 0.15) is 38.7 Å². The summed E-state index contributed by atoms with van der Waals surface area (Å²) in [5.41, 5.74) is 2.41. The normalized spacial score (nSPS) is 10.6. The van der Waals surface area contributed by atoms with Crippen LogP contribution in [0.5, 0.6) is 0 Å². The van der Waals surface area contributed by atoms with Crippen LogP contribution in [0, 0.1) is 0 Å². The van der Waals surface area contributed by atoms with Crippen molar-refractivity contribution in [1.29, 1.82) is 0 Å². The number of nitrogens with zero attached hydrogens (tertiary/aromatic N) is 1. The van der Waals surface area contributed by atoms with Crippen LogP contribution in [-0.2, 0) is 0 Å². The van der Waals surface area contributed by atoms with E-state index in [0.717, 1.165) is 30.3 Å². The molecule has 3 nitrogen and oxygen atoms in total. The highest BCUT2D eigenvalue weighted by Gasteiger charge is 2.02. The molecule has 3 heteroatoms. The number of hydrogen-bond donors (Lipinski definition) is 2. The van der Waals surface area contributed by atoms with Gasteiger partial charge >= 0.3 is 0 Å². The summed E-state index contributed by atoms with van der Waals surface area (Å²) >= 11 is 0. The van der Waals surface area contributed by atoms with E-state index < -0.39 is 0 Å². The van der Waals surface area contributed by atoms with Gasteiger partial charge in [0.25, 0.3) is 0 Å². The van der Waals surface area contributed by atoms with Crippen LogP contribution in [0.25, 0.3) is 0 Å². The first-order valence-electron chi connectivity index (χ1n) is 7.27. The molecule has 0 spiro atoms. The van der Waals surface area contributed by atoms with Crippen molar-refractivity contribution in [2.75, 3.05) is 17.2 Å². The molecule has 0 radical (unpaired) electrons. The molecule has 0 bridgehead atoms. The Morgan fingerprint density at radius 1 is 1.05 bits per heavy atom. The van der Waals surface area contributed by atoms with Gasteiger partial charge in [-0.15, -0.1) is 0 Å². The zero-order valence-corrected chi connectivity index (χ0v) is 12.5. The third-order valence-corrected chi connectivity index (χ3v) is 3.13. The number of rotatable bonds is 6. The number of benzene rings is 1. The Balaban J connectivity index is 2.11. The fourth-order valence-corrected chi connectivity index (χ4v) is 1.98. The standard InChI is InChI=1S/C17H23N3/c1-4-11-18-16-9-6-10-17(20-16)19-15-8-5-7-14(12-15)13(2)3/h5-10,12-13H,4,11H2,1-3H3,(H2,18,19,20). The van der Waals surface area contributed by atoms with E-state index in [1.807, 2.05) is 18.2 Å². The molecular weight excluding hydrogens is 246 g/mol. The average molecular weight is 269 g/mol. The van der Waals surface area contributed by atoms with Crippen molar-refractivity contribution in [2.24, 2.45) is 0 Å². The Kier molecular flexibility index (Phi) is 4.99. The van der Waals surface area contributed by atoms with Crippen molar-refractivity contribution in [3.63, 3.8) is 0 Å². The molecule has 0 unspecified atom stereocenters. The summed E-state index contributed by atoms with van der Waals surface area (Å²) in [4.78, 5) is 4.56. The largest absolute Gasteiger partial charge is 0.370 e. The second kappa shape index (κ2) is 6.94. The average Bonchev–Trinajstić information content (AvgIpc) is 2.46. The first-order chi connectivity index (χ1) is 9.69. The predicted molar refractivity (Wildman–Crippen MR) is 86.8 cm³/mol. The maximum absolute atomic E-state index is 4.56. The minimum absolute atomic E-state index is 0.530. The summed E-state index contributed by atoms with van der Waals surface area (Å²) in [6, 6.07) is 14.5. The topological polar surface area (TPSA) is 37.0 Å². The zero-order valence-electron chi connectivity index (χ0n) is 12.5. The molecule has 2 rings (SSSR count). The van der Waals surface area contributed by atoms with Crippen LogP contribution < -0.4 is 10.6 Å². The van der Waals surface area contributed by atoms with E-state index in [1.165, 1.54) is 5.56 Å².